The zero-order chi connectivity index (χ0) is 16.8. The van der Waals surface area contributed by atoms with Crippen LogP contribution < -0.4 is 0 Å². The highest BCUT2D eigenvalue weighted by Crippen LogP contribution is 2.89. The molecule has 0 radical (unpaired) electrons. The summed E-state index contributed by atoms with van der Waals surface area (Å²) in [5, 5.41) is 19.0. The molecular formula is C18H14O6. The molecule has 5 aliphatic rings. The van der Waals surface area contributed by atoms with E-state index >= 15 is 0 Å². The Balaban J connectivity index is 1.56. The van der Waals surface area contributed by atoms with Crippen molar-refractivity contribution in [3.63, 3.8) is 0 Å². The maximum absolute atomic E-state index is 12.2. The number of hydrogen-bond donors (Lipinski definition) is 2. The van der Waals surface area contributed by atoms with E-state index in [9.17, 15) is 24.6 Å². The quantitative estimate of drug-likeness (QED) is 0.563. The van der Waals surface area contributed by atoms with Gasteiger partial charge in [-0.3, -0.25) is 14.4 Å². The highest BCUT2D eigenvalue weighted by Gasteiger charge is 2.86. The molecule has 3 saturated carbocycles. The third-order valence-electron chi connectivity index (χ3n) is 6.06. The van der Waals surface area contributed by atoms with Gasteiger partial charge >= 0.3 is 0 Å². The predicted molar refractivity (Wildman–Crippen MR) is 79.4 cm³/mol. The van der Waals surface area contributed by atoms with Crippen molar-refractivity contribution in [1.29, 1.82) is 0 Å². The van der Waals surface area contributed by atoms with Crippen molar-refractivity contribution >= 4 is 17.3 Å². The van der Waals surface area contributed by atoms with Gasteiger partial charge in [-0.05, 0) is 36.7 Å². The van der Waals surface area contributed by atoms with Gasteiger partial charge in [0.25, 0.3) is 5.78 Å². The molecule has 6 nitrogen and oxygen atoms in total. The number of ether oxygens (including phenoxy) is 1. The van der Waals surface area contributed by atoms with Gasteiger partial charge in [-0.25, -0.2) is 0 Å². The molecule has 24 heavy (non-hydrogen) atoms. The van der Waals surface area contributed by atoms with E-state index in [1.54, 1.807) is 0 Å². The number of carbonyl (C=O) groups is 3. The molecule has 0 aromatic heterocycles. The average molecular weight is 326 g/mol. The summed E-state index contributed by atoms with van der Waals surface area (Å²) in [6.45, 7) is 0. The van der Waals surface area contributed by atoms with Gasteiger partial charge < -0.3 is 14.9 Å². The van der Waals surface area contributed by atoms with E-state index in [2.05, 4.69) is 0 Å². The van der Waals surface area contributed by atoms with Crippen molar-refractivity contribution in [3.8, 4) is 0 Å². The molecule has 6 heteroatoms. The summed E-state index contributed by atoms with van der Waals surface area (Å²) in [6, 6.07) is 0. The lowest BCUT2D eigenvalue weighted by Crippen LogP contribution is -2.33. The Morgan fingerprint density at radius 2 is 1.71 bits per heavy atom. The zero-order valence-corrected chi connectivity index (χ0v) is 12.6. The number of aliphatic hydroxyl groups excluding tert-OH is 2. The van der Waals surface area contributed by atoms with Gasteiger partial charge in [0.15, 0.2) is 23.1 Å². The van der Waals surface area contributed by atoms with E-state index in [4.69, 9.17) is 4.74 Å². The topological polar surface area (TPSA) is 101 Å². The van der Waals surface area contributed by atoms with Crippen molar-refractivity contribution in [2.45, 2.75) is 19.3 Å². The smallest absolute Gasteiger partial charge is 0.268 e. The second-order valence-corrected chi connectivity index (χ2v) is 7.12. The van der Waals surface area contributed by atoms with E-state index in [-0.39, 0.29) is 16.7 Å². The Bertz CT molecular complexity index is 858. The summed E-state index contributed by atoms with van der Waals surface area (Å²) >= 11 is 0. The Kier molecular flexibility index (Phi) is 2.33. The van der Waals surface area contributed by atoms with E-state index in [0.717, 1.165) is 25.0 Å². The summed E-state index contributed by atoms with van der Waals surface area (Å²) in [4.78, 5) is 36.4. The maximum Gasteiger partial charge on any atom is 0.268 e. The van der Waals surface area contributed by atoms with Gasteiger partial charge in [-0.2, -0.15) is 0 Å². The van der Waals surface area contributed by atoms with Crippen LogP contribution in [0.5, 0.6) is 0 Å². The Morgan fingerprint density at radius 3 is 2.42 bits per heavy atom. The Hall–Kier alpha value is -2.63. The number of Topliss-reactive ketones (excluding diaryl/α,β-unsaturated/α-hetero) is 1. The molecular weight excluding hydrogens is 312 g/mol. The van der Waals surface area contributed by atoms with Gasteiger partial charge in [-0.1, -0.05) is 6.42 Å². The summed E-state index contributed by atoms with van der Waals surface area (Å²) in [5.74, 6) is -1.47. The van der Waals surface area contributed by atoms with Gasteiger partial charge in [0, 0.05) is 17.6 Å². The second kappa shape index (κ2) is 4.06. The highest BCUT2D eigenvalue weighted by molar-refractivity contribution is 6.48. The van der Waals surface area contributed by atoms with E-state index in [0.29, 0.717) is 23.5 Å². The Labute approximate surface area is 136 Å². The number of allylic oxidation sites excluding steroid dienone is 6. The number of carbonyl (C=O) groups excluding carboxylic acids is 3. The first-order valence-electron chi connectivity index (χ1n) is 8.04. The molecule has 0 aromatic rings. The molecule has 122 valence electrons. The first-order valence-corrected chi connectivity index (χ1v) is 8.04. The largest absolute Gasteiger partial charge is 0.504 e. The molecule has 1 heterocycles. The van der Waals surface area contributed by atoms with Crippen molar-refractivity contribution in [2.24, 2.45) is 23.2 Å². The second-order valence-electron chi connectivity index (χ2n) is 7.12. The van der Waals surface area contributed by atoms with Crippen molar-refractivity contribution in [2.75, 3.05) is 0 Å². The SMILES string of the molecule is O=C1C=C(C23CCCC4C2C43)O/C(=C2/C=C(O)C(O)=CC2=O)C1=O. The highest BCUT2D eigenvalue weighted by atomic mass is 16.5. The molecule has 0 saturated heterocycles. The fourth-order valence-electron chi connectivity index (χ4n) is 4.92. The molecule has 4 aliphatic carbocycles. The van der Waals surface area contributed by atoms with Crippen LogP contribution in [0.1, 0.15) is 19.3 Å². The van der Waals surface area contributed by atoms with Gasteiger partial charge in [-0.15, -0.1) is 0 Å². The number of fused-ring (bicyclic) bond motifs is 2. The fraction of sp³-hybridized carbons (Fsp3) is 0.389. The summed E-state index contributed by atoms with van der Waals surface area (Å²) < 4.78 is 5.75. The number of hydrogen-bond acceptors (Lipinski definition) is 6. The number of rotatable bonds is 1. The molecule has 1 aliphatic heterocycles. The molecule has 0 aromatic carbocycles. The van der Waals surface area contributed by atoms with Crippen LogP contribution in [0.25, 0.3) is 0 Å². The number of ketones is 3. The third kappa shape index (κ3) is 1.48. The summed E-state index contributed by atoms with van der Waals surface area (Å²) in [6.07, 6.45) is 6.26. The van der Waals surface area contributed by atoms with Gasteiger partial charge in [0.1, 0.15) is 5.76 Å². The van der Waals surface area contributed by atoms with Crippen LogP contribution in [0.15, 0.2) is 46.8 Å². The molecule has 2 N–H and O–H groups in total. The van der Waals surface area contributed by atoms with Crippen molar-refractivity contribution < 1.29 is 29.3 Å². The van der Waals surface area contributed by atoms with Crippen LogP contribution in [0.3, 0.4) is 0 Å². The lowest BCUT2D eigenvalue weighted by atomic mass is 9.74. The molecule has 2 unspecified atom stereocenters. The number of aliphatic hydroxyl groups is 2. The first-order chi connectivity index (χ1) is 11.4. The van der Waals surface area contributed by atoms with Crippen LogP contribution in [0.4, 0.5) is 0 Å². The summed E-state index contributed by atoms with van der Waals surface area (Å²) in [5.41, 5.74) is -0.334. The monoisotopic (exact) mass is 326 g/mol. The maximum atomic E-state index is 12.2. The molecule has 5 rings (SSSR count). The van der Waals surface area contributed by atoms with Crippen LogP contribution in [0, 0.1) is 23.2 Å². The van der Waals surface area contributed by atoms with E-state index in [1.807, 2.05) is 0 Å². The normalized spacial score (nSPS) is 42.6. The summed E-state index contributed by atoms with van der Waals surface area (Å²) in [7, 11) is 0. The molecule has 0 bridgehead atoms. The molecule has 2 atom stereocenters. The Morgan fingerprint density at radius 1 is 1.00 bits per heavy atom. The van der Waals surface area contributed by atoms with E-state index < -0.39 is 28.9 Å². The standard InChI is InChI=1S/C18H14O6/c19-9-5-11(21)10(20)4-8(9)17-16(23)12(22)6-13(24-17)18-3-1-2-7-14(18)15(7)18/h4-7,14-15,20-21H,1-3H2/b17-8-. The minimum atomic E-state index is -0.904. The molecule has 0 amide bonds. The van der Waals surface area contributed by atoms with Crippen LogP contribution >= 0.6 is 0 Å². The lowest BCUT2D eigenvalue weighted by Gasteiger charge is -2.35. The van der Waals surface area contributed by atoms with E-state index in [1.165, 1.54) is 12.5 Å². The average Bonchev–Trinajstić information content (AvgIpc) is 3.45. The van der Waals surface area contributed by atoms with Gasteiger partial charge in [0.2, 0.25) is 5.78 Å². The molecule has 3 fully saturated rings. The first kappa shape index (κ1) is 13.8. The van der Waals surface area contributed by atoms with Crippen molar-refractivity contribution in [1.82, 2.24) is 0 Å². The zero-order valence-electron chi connectivity index (χ0n) is 12.6. The third-order valence-corrected chi connectivity index (χ3v) is 6.06. The minimum absolute atomic E-state index is 0.132. The van der Waals surface area contributed by atoms with Crippen LogP contribution in [-0.4, -0.2) is 27.6 Å². The van der Waals surface area contributed by atoms with Crippen LogP contribution in [-0.2, 0) is 19.1 Å². The minimum Gasteiger partial charge on any atom is -0.504 e. The molecule has 0 spiro atoms. The van der Waals surface area contributed by atoms with Gasteiger partial charge in [0.05, 0.1) is 5.57 Å². The predicted octanol–water partition coefficient (Wildman–Crippen LogP) is 1.81. The van der Waals surface area contributed by atoms with Crippen LogP contribution in [0.2, 0.25) is 0 Å². The fourth-order valence-corrected chi connectivity index (χ4v) is 4.92. The van der Waals surface area contributed by atoms with Crippen molar-refractivity contribution in [3.05, 3.63) is 46.8 Å². The lowest BCUT2D eigenvalue weighted by molar-refractivity contribution is -0.134.